The normalized spacial score (nSPS) is 15.9. The van der Waals surface area contributed by atoms with Crippen LogP contribution in [-0.4, -0.2) is 37.8 Å². The van der Waals surface area contributed by atoms with E-state index in [-0.39, 0.29) is 5.72 Å². The number of hydrogen-bond donors (Lipinski definition) is 1. The van der Waals surface area contributed by atoms with Gasteiger partial charge in [0.1, 0.15) is 11.4 Å². The lowest BCUT2D eigenvalue weighted by Crippen LogP contribution is -2.43. The van der Waals surface area contributed by atoms with Gasteiger partial charge in [0.05, 0.1) is 5.52 Å². The average molecular weight is 395 g/mol. The zero-order valence-corrected chi connectivity index (χ0v) is 17.8. The molecule has 29 heavy (non-hydrogen) atoms. The van der Waals surface area contributed by atoms with E-state index in [1.54, 1.807) is 0 Å². The summed E-state index contributed by atoms with van der Waals surface area (Å²) in [5, 5.41) is 11.2. The topological polar surface area (TPSA) is 81.6 Å². The number of para-hydroxylation sites is 1. The summed E-state index contributed by atoms with van der Waals surface area (Å²) in [7, 11) is 0. The van der Waals surface area contributed by atoms with Gasteiger partial charge in [0.25, 0.3) is 0 Å². The van der Waals surface area contributed by atoms with E-state index in [0.29, 0.717) is 5.82 Å². The standard InChI is InChI=1S/C22H30N6O/c1-5-13-28-18(12-8-9-14-27-15(2)26-29-22(27,3)4)19-16-10-6-7-11-17(16)24-21(23)20(19)25-28/h6-7,10-11H,5,8-9,12-14H2,1-4H3,(H2,23,24). The highest BCUT2D eigenvalue weighted by atomic mass is 16.7. The number of unbranched alkanes of at least 4 members (excludes halogenated alkanes) is 1. The first-order chi connectivity index (χ1) is 13.9. The Bertz CT molecular complexity index is 1070. The van der Waals surface area contributed by atoms with Gasteiger partial charge in [0.15, 0.2) is 5.82 Å². The summed E-state index contributed by atoms with van der Waals surface area (Å²) in [5.74, 6) is 1.46. The highest BCUT2D eigenvalue weighted by Crippen LogP contribution is 2.31. The van der Waals surface area contributed by atoms with Gasteiger partial charge in [-0.25, -0.2) is 4.98 Å². The molecule has 0 amide bonds. The molecule has 3 heterocycles. The SMILES string of the molecule is CCCn1nc2c(N)nc3ccccc3c2c1CCCCN1C(C)=NOC1(C)C. The molecule has 0 bridgehead atoms. The fourth-order valence-corrected chi connectivity index (χ4v) is 4.23. The van der Waals surface area contributed by atoms with Crippen LogP contribution in [0.25, 0.3) is 21.8 Å². The van der Waals surface area contributed by atoms with Crippen molar-refractivity contribution in [2.24, 2.45) is 5.16 Å². The molecule has 0 saturated carbocycles. The Morgan fingerprint density at radius 2 is 1.93 bits per heavy atom. The van der Waals surface area contributed by atoms with E-state index in [1.165, 1.54) is 5.69 Å². The summed E-state index contributed by atoms with van der Waals surface area (Å²) in [4.78, 5) is 12.3. The number of nitrogens with zero attached hydrogens (tertiary/aromatic N) is 5. The van der Waals surface area contributed by atoms with Gasteiger partial charge in [-0.3, -0.25) is 4.68 Å². The molecule has 7 nitrogen and oxygen atoms in total. The van der Waals surface area contributed by atoms with Crippen molar-refractivity contribution in [1.82, 2.24) is 19.7 Å². The first-order valence-corrected chi connectivity index (χ1v) is 10.5. The van der Waals surface area contributed by atoms with E-state index >= 15 is 0 Å². The number of amidine groups is 1. The predicted molar refractivity (Wildman–Crippen MR) is 118 cm³/mol. The molecule has 1 aliphatic rings. The third-order valence-electron chi connectivity index (χ3n) is 5.64. The van der Waals surface area contributed by atoms with Crippen LogP contribution in [0.5, 0.6) is 0 Å². The number of pyridine rings is 1. The molecule has 7 heteroatoms. The summed E-state index contributed by atoms with van der Waals surface area (Å²) in [6, 6.07) is 8.19. The fraction of sp³-hybridized carbons (Fsp3) is 0.500. The number of aromatic nitrogens is 3. The Labute approximate surface area is 171 Å². The van der Waals surface area contributed by atoms with Crippen LogP contribution in [0.2, 0.25) is 0 Å². The van der Waals surface area contributed by atoms with Crippen LogP contribution in [0.3, 0.4) is 0 Å². The van der Waals surface area contributed by atoms with Gasteiger partial charge < -0.3 is 15.5 Å². The van der Waals surface area contributed by atoms with Crippen LogP contribution in [0.4, 0.5) is 5.82 Å². The van der Waals surface area contributed by atoms with Crippen molar-refractivity contribution in [3.8, 4) is 0 Å². The molecule has 2 aromatic heterocycles. The molecule has 0 unspecified atom stereocenters. The van der Waals surface area contributed by atoms with Crippen LogP contribution in [0.15, 0.2) is 29.4 Å². The first-order valence-electron chi connectivity index (χ1n) is 10.5. The van der Waals surface area contributed by atoms with Crippen LogP contribution in [0, 0.1) is 0 Å². The Morgan fingerprint density at radius 3 is 2.66 bits per heavy atom. The molecule has 0 radical (unpaired) electrons. The van der Waals surface area contributed by atoms with Gasteiger partial charge in [-0.1, -0.05) is 30.3 Å². The molecule has 4 rings (SSSR count). The number of nitrogen functional groups attached to an aromatic ring is 1. The molecule has 0 aliphatic carbocycles. The average Bonchev–Trinajstić information content (AvgIpc) is 3.17. The van der Waals surface area contributed by atoms with Crippen molar-refractivity contribution < 1.29 is 4.84 Å². The minimum Gasteiger partial charge on any atom is -0.382 e. The molecule has 0 saturated heterocycles. The lowest BCUT2D eigenvalue weighted by atomic mass is 10.0. The lowest BCUT2D eigenvalue weighted by Gasteiger charge is -2.30. The van der Waals surface area contributed by atoms with Crippen molar-refractivity contribution in [2.45, 2.75) is 65.6 Å². The van der Waals surface area contributed by atoms with Crippen molar-refractivity contribution in [3.63, 3.8) is 0 Å². The maximum absolute atomic E-state index is 6.26. The van der Waals surface area contributed by atoms with Crippen LogP contribution >= 0.6 is 0 Å². The zero-order chi connectivity index (χ0) is 20.6. The second-order valence-electron chi connectivity index (χ2n) is 8.19. The molecular formula is C22H30N6O. The Morgan fingerprint density at radius 1 is 1.14 bits per heavy atom. The number of oxime groups is 1. The van der Waals surface area contributed by atoms with E-state index < -0.39 is 0 Å². The zero-order valence-electron chi connectivity index (χ0n) is 17.8. The third-order valence-corrected chi connectivity index (χ3v) is 5.64. The molecule has 2 N–H and O–H groups in total. The summed E-state index contributed by atoms with van der Waals surface area (Å²) in [5.41, 5.74) is 8.91. The van der Waals surface area contributed by atoms with E-state index in [2.05, 4.69) is 52.6 Å². The number of aryl methyl sites for hydroxylation is 2. The van der Waals surface area contributed by atoms with Crippen molar-refractivity contribution >= 4 is 33.5 Å². The number of fused-ring (bicyclic) bond motifs is 3. The van der Waals surface area contributed by atoms with Gasteiger partial charge in [0, 0.05) is 29.6 Å². The Hall–Kier alpha value is -2.83. The van der Waals surface area contributed by atoms with Crippen molar-refractivity contribution in [1.29, 1.82) is 0 Å². The van der Waals surface area contributed by atoms with Gasteiger partial charge in [-0.15, -0.1) is 0 Å². The Kier molecular flexibility index (Phi) is 5.06. The van der Waals surface area contributed by atoms with E-state index in [1.807, 2.05) is 19.1 Å². The van der Waals surface area contributed by atoms with Crippen LogP contribution in [0.1, 0.15) is 52.7 Å². The Balaban J connectivity index is 1.60. The van der Waals surface area contributed by atoms with E-state index in [4.69, 9.17) is 15.7 Å². The molecule has 1 aliphatic heterocycles. The maximum Gasteiger partial charge on any atom is 0.205 e. The minimum atomic E-state index is -0.364. The predicted octanol–water partition coefficient (Wildman–Crippen LogP) is 4.30. The lowest BCUT2D eigenvalue weighted by molar-refractivity contribution is -0.0687. The van der Waals surface area contributed by atoms with E-state index in [9.17, 15) is 0 Å². The summed E-state index contributed by atoms with van der Waals surface area (Å²) in [6.45, 7) is 10.1. The van der Waals surface area contributed by atoms with Crippen LogP contribution in [-0.2, 0) is 17.8 Å². The molecule has 1 aromatic carbocycles. The number of rotatable bonds is 7. The monoisotopic (exact) mass is 394 g/mol. The number of nitrogens with two attached hydrogens (primary N) is 1. The molecule has 0 fully saturated rings. The number of anilines is 1. The molecule has 3 aromatic rings. The number of benzene rings is 1. The second kappa shape index (κ2) is 7.54. The van der Waals surface area contributed by atoms with Crippen LogP contribution < -0.4 is 5.73 Å². The van der Waals surface area contributed by atoms with Crippen molar-refractivity contribution in [2.75, 3.05) is 12.3 Å². The molecule has 0 atom stereocenters. The fourth-order valence-electron chi connectivity index (χ4n) is 4.23. The van der Waals surface area contributed by atoms with Gasteiger partial charge >= 0.3 is 0 Å². The molecular weight excluding hydrogens is 364 g/mol. The van der Waals surface area contributed by atoms with E-state index in [0.717, 1.165) is 66.4 Å². The minimum absolute atomic E-state index is 0.364. The summed E-state index contributed by atoms with van der Waals surface area (Å²) >= 11 is 0. The number of hydrogen-bond acceptors (Lipinski definition) is 6. The maximum atomic E-state index is 6.26. The first kappa shape index (κ1) is 19.5. The third kappa shape index (κ3) is 3.50. The molecule has 154 valence electrons. The van der Waals surface area contributed by atoms with Gasteiger partial charge in [-0.05, 0) is 52.5 Å². The highest BCUT2D eigenvalue weighted by Gasteiger charge is 2.34. The molecule has 0 spiro atoms. The quantitative estimate of drug-likeness (QED) is 0.604. The second-order valence-corrected chi connectivity index (χ2v) is 8.19. The smallest absolute Gasteiger partial charge is 0.205 e. The summed E-state index contributed by atoms with van der Waals surface area (Å²) < 4.78 is 2.13. The highest BCUT2D eigenvalue weighted by molar-refractivity contribution is 6.09. The summed E-state index contributed by atoms with van der Waals surface area (Å²) in [6.07, 6.45) is 4.09. The van der Waals surface area contributed by atoms with Gasteiger partial charge in [0.2, 0.25) is 5.72 Å². The van der Waals surface area contributed by atoms with Gasteiger partial charge in [-0.2, -0.15) is 5.10 Å². The van der Waals surface area contributed by atoms with Crippen molar-refractivity contribution in [3.05, 3.63) is 30.0 Å². The largest absolute Gasteiger partial charge is 0.382 e.